The summed E-state index contributed by atoms with van der Waals surface area (Å²) in [7, 11) is -4.00. The van der Waals surface area contributed by atoms with E-state index in [0.717, 1.165) is 10.9 Å². The van der Waals surface area contributed by atoms with Crippen LogP contribution in [0.25, 0.3) is 10.8 Å². The lowest BCUT2D eigenvalue weighted by molar-refractivity contribution is -0.133. The number of nitrogens with one attached hydrogen (secondary N) is 1. The van der Waals surface area contributed by atoms with Gasteiger partial charge in [0.2, 0.25) is 0 Å². The van der Waals surface area contributed by atoms with Gasteiger partial charge in [0.05, 0.1) is 33.5 Å². The van der Waals surface area contributed by atoms with Gasteiger partial charge in [0.25, 0.3) is 21.6 Å². The van der Waals surface area contributed by atoms with Crippen LogP contribution in [0.2, 0.25) is 0 Å². The zero-order valence-electron chi connectivity index (χ0n) is 21.2. The molecule has 0 unspecified atom stereocenters. The molecular formula is C29H24N4O6S. The Kier molecular flexibility index (Phi) is 7.03. The van der Waals surface area contributed by atoms with Gasteiger partial charge in [0, 0.05) is 23.6 Å². The minimum Gasteiger partial charge on any atom is -0.375 e. The maximum Gasteiger partial charge on any atom is 0.294 e. The Morgan fingerprint density at radius 2 is 1.55 bits per heavy atom. The van der Waals surface area contributed by atoms with Crippen molar-refractivity contribution in [3.05, 3.63) is 124 Å². The molecule has 1 aliphatic rings. The van der Waals surface area contributed by atoms with Gasteiger partial charge in [-0.25, -0.2) is 5.10 Å². The highest BCUT2D eigenvalue weighted by Gasteiger charge is 2.46. The second-order valence-corrected chi connectivity index (χ2v) is 10.7. The van der Waals surface area contributed by atoms with Gasteiger partial charge < -0.3 is 5.11 Å². The third-order valence-corrected chi connectivity index (χ3v) is 7.38. The molecule has 3 aromatic carbocycles. The highest BCUT2D eigenvalue weighted by atomic mass is 32.2. The lowest BCUT2D eigenvalue weighted by Crippen LogP contribution is -2.35. The molecule has 40 heavy (non-hydrogen) atoms. The number of carbonyl (C=O) groups excluding carboxylic acids is 1. The van der Waals surface area contributed by atoms with E-state index in [9.17, 15) is 23.1 Å². The molecule has 1 atom stereocenters. The van der Waals surface area contributed by atoms with E-state index in [0.29, 0.717) is 34.4 Å². The van der Waals surface area contributed by atoms with Crippen LogP contribution >= 0.6 is 0 Å². The first kappa shape index (κ1) is 26.9. The fourth-order valence-corrected chi connectivity index (χ4v) is 5.06. The molecule has 0 fully saturated rings. The molecule has 3 heterocycles. The molecular weight excluding hydrogens is 532 g/mol. The number of hydrogen-bond donors (Lipinski definition) is 3. The van der Waals surface area contributed by atoms with Gasteiger partial charge >= 0.3 is 0 Å². The van der Waals surface area contributed by atoms with Gasteiger partial charge in [-0.1, -0.05) is 54.6 Å². The summed E-state index contributed by atoms with van der Waals surface area (Å²) in [5, 5.41) is 18.8. The first-order chi connectivity index (χ1) is 19.1. The highest BCUT2D eigenvalue weighted by molar-refractivity contribution is 7.85. The fraction of sp³-hybridized carbons (Fsp3) is 0.103. The number of rotatable bonds is 4. The third kappa shape index (κ3) is 5.13. The number of para-hydroxylation sites is 1. The predicted octanol–water partition coefficient (Wildman–Crippen LogP) is 3.73. The molecule has 0 aliphatic carbocycles. The second kappa shape index (κ2) is 10.5. The predicted molar refractivity (Wildman–Crippen MR) is 149 cm³/mol. The van der Waals surface area contributed by atoms with Crippen molar-refractivity contribution in [3.63, 3.8) is 0 Å². The van der Waals surface area contributed by atoms with Crippen molar-refractivity contribution in [2.75, 3.05) is 4.90 Å². The normalized spacial score (nSPS) is 16.4. The Morgan fingerprint density at radius 3 is 2.25 bits per heavy atom. The smallest absolute Gasteiger partial charge is 0.294 e. The van der Waals surface area contributed by atoms with Crippen LogP contribution in [0.1, 0.15) is 23.7 Å². The second-order valence-electron chi connectivity index (χ2n) is 9.29. The molecule has 0 saturated heterocycles. The Labute approximate surface area is 229 Å². The molecule has 0 spiro atoms. The number of anilines is 2. The SMILES string of the molecule is C[C@]1(O)C(=O)N(c2cncc(Cc3n[nH]c(=O)c4ccccc34)c2)c2ccccc21.O=S(=O)(O)c1ccccc1. The van der Waals surface area contributed by atoms with Crippen molar-refractivity contribution in [1.29, 1.82) is 0 Å². The van der Waals surface area contributed by atoms with Gasteiger partial charge in [0.15, 0.2) is 5.60 Å². The lowest BCUT2D eigenvalue weighted by Gasteiger charge is -2.20. The molecule has 3 N–H and O–H groups in total. The zero-order chi connectivity index (χ0) is 28.5. The van der Waals surface area contributed by atoms with Crippen LogP contribution in [0.15, 0.2) is 107 Å². The first-order valence-corrected chi connectivity index (χ1v) is 13.6. The first-order valence-electron chi connectivity index (χ1n) is 12.2. The van der Waals surface area contributed by atoms with Crippen molar-refractivity contribution in [3.8, 4) is 0 Å². The number of hydrogen-bond acceptors (Lipinski definition) is 7. The Bertz CT molecular complexity index is 1890. The maximum atomic E-state index is 13.0. The van der Waals surface area contributed by atoms with Gasteiger partial charge in [-0.3, -0.25) is 24.0 Å². The minimum absolute atomic E-state index is 0.0741. The highest BCUT2D eigenvalue weighted by Crippen LogP contribution is 2.43. The summed E-state index contributed by atoms with van der Waals surface area (Å²) in [5.41, 5.74) is 1.48. The molecule has 1 amide bonds. The van der Waals surface area contributed by atoms with Crippen molar-refractivity contribution in [2.24, 2.45) is 0 Å². The van der Waals surface area contributed by atoms with Crippen LogP contribution in [0.4, 0.5) is 11.4 Å². The lowest BCUT2D eigenvalue weighted by atomic mass is 9.98. The Balaban J connectivity index is 0.000000274. The van der Waals surface area contributed by atoms with E-state index < -0.39 is 21.6 Å². The number of nitrogens with zero attached hydrogens (tertiary/aromatic N) is 3. The number of carbonyl (C=O) groups is 1. The van der Waals surface area contributed by atoms with Crippen LogP contribution in [0, 0.1) is 0 Å². The molecule has 1 aliphatic heterocycles. The maximum absolute atomic E-state index is 13.0. The topological polar surface area (TPSA) is 154 Å². The third-order valence-electron chi connectivity index (χ3n) is 6.52. The molecule has 0 bridgehead atoms. The summed E-state index contributed by atoms with van der Waals surface area (Å²) in [5.74, 6) is -0.421. The van der Waals surface area contributed by atoms with E-state index in [2.05, 4.69) is 15.2 Å². The fourth-order valence-electron chi connectivity index (χ4n) is 4.56. The van der Waals surface area contributed by atoms with E-state index in [1.54, 1.807) is 54.9 Å². The summed E-state index contributed by atoms with van der Waals surface area (Å²) in [6.07, 6.45) is 3.73. The van der Waals surface area contributed by atoms with Gasteiger partial charge in [0.1, 0.15) is 0 Å². The average molecular weight is 557 g/mol. The number of aliphatic hydroxyl groups is 1. The van der Waals surface area contributed by atoms with Crippen molar-refractivity contribution < 1.29 is 22.9 Å². The van der Waals surface area contributed by atoms with E-state index in [1.807, 2.05) is 30.3 Å². The number of amides is 1. The summed E-state index contributed by atoms with van der Waals surface area (Å²) >= 11 is 0. The summed E-state index contributed by atoms with van der Waals surface area (Å²) in [4.78, 5) is 30.7. The van der Waals surface area contributed by atoms with Crippen LogP contribution in [0.3, 0.4) is 0 Å². The summed E-state index contributed by atoms with van der Waals surface area (Å²) < 4.78 is 29.2. The number of benzene rings is 3. The van der Waals surface area contributed by atoms with Crippen LogP contribution < -0.4 is 10.5 Å². The molecule has 0 saturated carbocycles. The summed E-state index contributed by atoms with van der Waals surface area (Å²) in [6.45, 7) is 1.50. The number of fused-ring (bicyclic) bond motifs is 2. The van der Waals surface area contributed by atoms with E-state index >= 15 is 0 Å². The van der Waals surface area contributed by atoms with Crippen LogP contribution in [-0.2, 0) is 26.9 Å². The number of pyridine rings is 1. The van der Waals surface area contributed by atoms with Gasteiger partial charge in [-0.15, -0.1) is 0 Å². The Morgan fingerprint density at radius 1 is 0.900 bits per heavy atom. The molecule has 0 radical (unpaired) electrons. The largest absolute Gasteiger partial charge is 0.375 e. The van der Waals surface area contributed by atoms with Crippen LogP contribution in [0.5, 0.6) is 0 Å². The summed E-state index contributed by atoms with van der Waals surface area (Å²) in [6, 6.07) is 23.8. The molecule has 6 rings (SSSR count). The van der Waals surface area contributed by atoms with E-state index in [4.69, 9.17) is 4.55 Å². The van der Waals surface area contributed by atoms with Gasteiger partial charge in [-0.2, -0.15) is 13.5 Å². The zero-order valence-corrected chi connectivity index (χ0v) is 22.0. The monoisotopic (exact) mass is 556 g/mol. The van der Waals surface area contributed by atoms with Gasteiger partial charge in [-0.05, 0) is 42.8 Å². The number of aromatic nitrogens is 3. The number of aromatic amines is 1. The molecule has 11 heteroatoms. The van der Waals surface area contributed by atoms with E-state index in [-0.39, 0.29) is 10.5 Å². The molecule has 202 valence electrons. The van der Waals surface area contributed by atoms with Crippen molar-refractivity contribution in [2.45, 2.75) is 23.8 Å². The molecule has 2 aromatic heterocycles. The molecule has 10 nitrogen and oxygen atoms in total. The Hall–Kier alpha value is -4.71. The van der Waals surface area contributed by atoms with Crippen molar-refractivity contribution >= 4 is 38.2 Å². The standard InChI is InChI=1S/C23H18N4O3.C6H6O3S/c1-23(30)18-8-4-5-9-20(18)27(22(23)29)15-10-14(12-24-13-15)11-19-16-6-2-3-7-17(16)21(28)26-25-19;7-10(8,9)6-4-2-1-3-5-6/h2-10,12-13,30H,11H2,1H3,(H,26,28);1-5H,(H,7,8,9)/t23-;/m1./s1. The minimum atomic E-state index is -4.00. The average Bonchev–Trinajstić information content (AvgIpc) is 3.16. The number of H-pyrrole nitrogens is 1. The molecule has 5 aromatic rings. The van der Waals surface area contributed by atoms with E-state index in [1.165, 1.54) is 24.0 Å². The van der Waals surface area contributed by atoms with Crippen LogP contribution in [-0.4, -0.2) is 39.2 Å². The van der Waals surface area contributed by atoms with Crippen molar-refractivity contribution in [1.82, 2.24) is 15.2 Å². The quantitative estimate of drug-likeness (QED) is 0.283.